The predicted molar refractivity (Wildman–Crippen MR) is 252 cm³/mol. The van der Waals surface area contributed by atoms with Gasteiger partial charge in [0.05, 0.1) is 27.7 Å². The molecule has 9 nitrogen and oxygen atoms in total. The van der Waals surface area contributed by atoms with Crippen LogP contribution in [-0.4, -0.2) is 74.9 Å². The summed E-state index contributed by atoms with van der Waals surface area (Å²) in [5.41, 5.74) is 0. The monoisotopic (exact) mass is 859 g/mol. The highest BCUT2D eigenvalue weighted by Crippen LogP contribution is 2.43. The maximum Gasteiger partial charge on any atom is 0.472 e. The third-order valence-corrected chi connectivity index (χ3v) is 10.1. The quantitative estimate of drug-likeness (QED) is 0.0213. The van der Waals surface area contributed by atoms with Gasteiger partial charge in [-0.2, -0.15) is 0 Å². The normalized spacial score (nSPS) is 14.4. The Morgan fingerprint density at radius 2 is 0.950 bits per heavy atom. The molecular weight excluding hydrogens is 774 g/mol. The van der Waals surface area contributed by atoms with E-state index in [-0.39, 0.29) is 32.0 Å². The molecule has 2 atom stereocenters. The highest BCUT2D eigenvalue weighted by atomic mass is 31.2. The smallest absolute Gasteiger partial charge is 0.462 e. The molecule has 1 N–H and O–H groups in total. The van der Waals surface area contributed by atoms with Crippen LogP contribution in [0.4, 0.5) is 0 Å². The van der Waals surface area contributed by atoms with Crippen LogP contribution in [0.5, 0.6) is 0 Å². The summed E-state index contributed by atoms with van der Waals surface area (Å²) < 4.78 is 34.2. The van der Waals surface area contributed by atoms with Gasteiger partial charge in [-0.15, -0.1) is 0 Å². The van der Waals surface area contributed by atoms with Gasteiger partial charge in [-0.05, 0) is 77.0 Å². The van der Waals surface area contributed by atoms with Gasteiger partial charge >= 0.3 is 19.8 Å². The number of allylic oxidation sites excluding steroid dienone is 16. The van der Waals surface area contributed by atoms with E-state index < -0.39 is 26.5 Å². The van der Waals surface area contributed by atoms with Gasteiger partial charge in [0.15, 0.2) is 6.10 Å². The molecule has 0 heterocycles. The first kappa shape index (κ1) is 56.9. The van der Waals surface area contributed by atoms with Gasteiger partial charge in [0, 0.05) is 12.8 Å². The van der Waals surface area contributed by atoms with Gasteiger partial charge in [0.1, 0.15) is 19.8 Å². The van der Waals surface area contributed by atoms with E-state index in [0.717, 1.165) is 83.5 Å². The molecule has 0 amide bonds. The van der Waals surface area contributed by atoms with Crippen molar-refractivity contribution < 1.29 is 42.1 Å². The Bertz CT molecular complexity index is 1340. The van der Waals surface area contributed by atoms with Crippen LogP contribution >= 0.6 is 7.82 Å². The van der Waals surface area contributed by atoms with Crippen LogP contribution in [-0.2, 0) is 32.7 Å². The summed E-state index contributed by atoms with van der Waals surface area (Å²) in [5, 5.41) is 0. The fraction of sp³-hybridized carbons (Fsp3) is 0.640. The number of phosphoric acid groups is 1. The van der Waals surface area contributed by atoms with E-state index in [4.69, 9.17) is 18.5 Å². The molecule has 60 heavy (non-hydrogen) atoms. The van der Waals surface area contributed by atoms with E-state index in [2.05, 4.69) is 111 Å². The van der Waals surface area contributed by atoms with Crippen LogP contribution in [0.3, 0.4) is 0 Å². The summed E-state index contributed by atoms with van der Waals surface area (Å²) >= 11 is 0. The molecule has 0 aliphatic carbocycles. The predicted octanol–water partition coefficient (Wildman–Crippen LogP) is 13.4. The number of likely N-dealkylation sites (N-methyl/N-ethyl adjacent to an activating group) is 1. The number of rotatable bonds is 40. The molecule has 0 aromatic carbocycles. The van der Waals surface area contributed by atoms with E-state index in [1.54, 1.807) is 0 Å². The summed E-state index contributed by atoms with van der Waals surface area (Å²) in [4.78, 5) is 35.3. The summed E-state index contributed by atoms with van der Waals surface area (Å²) in [6.45, 7) is 4.20. The van der Waals surface area contributed by atoms with E-state index in [1.165, 1.54) is 38.5 Å². The number of unbranched alkanes of at least 4 members (excludes halogenated alkanes) is 10. The topological polar surface area (TPSA) is 108 Å². The molecule has 0 aromatic rings. The van der Waals surface area contributed by atoms with Crippen molar-refractivity contribution in [2.45, 2.75) is 161 Å². The van der Waals surface area contributed by atoms with Crippen molar-refractivity contribution >= 4 is 19.8 Å². The second-order valence-electron chi connectivity index (χ2n) is 16.1. The fourth-order valence-electron chi connectivity index (χ4n) is 5.56. The van der Waals surface area contributed by atoms with Crippen LogP contribution in [0.25, 0.3) is 0 Å². The zero-order valence-electron chi connectivity index (χ0n) is 38.4. The Morgan fingerprint density at radius 3 is 1.42 bits per heavy atom. The SMILES string of the molecule is CC/C=C\C/C=C\C/C=C\C/C=C\C/C=C\C/C=C\C/C=C\C/C=C\CCCCC(=O)OC(COC(=O)CCCCCCCCCCC)COP(=O)(O)OCC[N+](C)(C)C. The number of phosphoric ester groups is 1. The minimum absolute atomic E-state index is 0.0184. The lowest BCUT2D eigenvalue weighted by Gasteiger charge is -2.24. The Kier molecular flexibility index (Phi) is 39.2. The van der Waals surface area contributed by atoms with Crippen LogP contribution in [0.1, 0.15) is 155 Å². The Morgan fingerprint density at radius 1 is 0.533 bits per heavy atom. The molecule has 0 saturated carbocycles. The standard InChI is InChI=1S/C50H84NO8P/c1-6-8-10-12-14-16-17-18-19-20-21-22-23-24-25-26-27-28-29-30-31-32-33-35-37-39-41-43-50(53)59-48(47-58-60(54,55)57-45-44-51(3,4)5)46-56-49(52)42-40-38-36-34-15-13-11-9-7-2/h8,10,14,16,18-19,21-22,24-25,27-28,30-31,33,35,48H,6-7,9,11-13,15,17,20,23,26,29,32,34,36-47H2,1-5H3/p+1/b10-8-,16-14-,19-18-,22-21-,25-24-,28-27-,31-30-,35-33-. The Labute approximate surface area is 366 Å². The molecule has 10 heteroatoms. The van der Waals surface area contributed by atoms with Crippen molar-refractivity contribution in [1.29, 1.82) is 0 Å². The molecule has 0 aliphatic heterocycles. The molecule has 0 saturated heterocycles. The summed E-state index contributed by atoms with van der Waals surface area (Å²) in [7, 11) is 1.43. The van der Waals surface area contributed by atoms with E-state index in [9.17, 15) is 19.0 Å². The van der Waals surface area contributed by atoms with Crippen molar-refractivity contribution in [3.8, 4) is 0 Å². The fourth-order valence-corrected chi connectivity index (χ4v) is 6.30. The zero-order valence-corrected chi connectivity index (χ0v) is 39.3. The average Bonchev–Trinajstić information content (AvgIpc) is 3.20. The number of ether oxygens (including phenoxy) is 2. The molecule has 0 aromatic heterocycles. The van der Waals surface area contributed by atoms with E-state index in [0.29, 0.717) is 17.4 Å². The van der Waals surface area contributed by atoms with Gasteiger partial charge in [-0.1, -0.05) is 162 Å². The van der Waals surface area contributed by atoms with E-state index >= 15 is 0 Å². The van der Waals surface area contributed by atoms with Crippen molar-refractivity contribution in [1.82, 2.24) is 0 Å². The minimum atomic E-state index is -4.39. The van der Waals surface area contributed by atoms with Crippen LogP contribution in [0.15, 0.2) is 97.2 Å². The molecule has 0 rings (SSSR count). The lowest BCUT2D eigenvalue weighted by Crippen LogP contribution is -2.37. The minimum Gasteiger partial charge on any atom is -0.462 e. The average molecular weight is 859 g/mol. The first-order valence-corrected chi connectivity index (χ1v) is 24.5. The largest absolute Gasteiger partial charge is 0.472 e. The van der Waals surface area contributed by atoms with Gasteiger partial charge < -0.3 is 18.9 Å². The summed E-state index contributed by atoms with van der Waals surface area (Å²) in [5.74, 6) is -0.862. The molecule has 0 spiro atoms. The van der Waals surface area contributed by atoms with Crippen LogP contribution in [0.2, 0.25) is 0 Å². The summed E-state index contributed by atoms with van der Waals surface area (Å²) in [6, 6.07) is 0. The van der Waals surface area contributed by atoms with E-state index in [1.807, 2.05) is 21.1 Å². The second-order valence-corrected chi connectivity index (χ2v) is 17.5. The van der Waals surface area contributed by atoms with Gasteiger partial charge in [0.2, 0.25) is 0 Å². The van der Waals surface area contributed by atoms with Crippen LogP contribution in [0, 0.1) is 0 Å². The number of carbonyl (C=O) groups excluding carboxylic acids is 2. The number of carbonyl (C=O) groups is 2. The van der Waals surface area contributed by atoms with Gasteiger partial charge in [0.25, 0.3) is 0 Å². The maximum atomic E-state index is 12.7. The molecular formula is C50H85NO8P+. The number of hydrogen-bond acceptors (Lipinski definition) is 7. The first-order valence-electron chi connectivity index (χ1n) is 23.0. The molecule has 0 radical (unpaired) electrons. The Balaban J connectivity index is 4.36. The molecule has 0 bridgehead atoms. The lowest BCUT2D eigenvalue weighted by molar-refractivity contribution is -0.870. The third-order valence-electron chi connectivity index (χ3n) is 9.13. The van der Waals surface area contributed by atoms with Crippen molar-refractivity contribution in [2.24, 2.45) is 0 Å². The number of esters is 2. The van der Waals surface area contributed by atoms with Crippen molar-refractivity contribution in [2.75, 3.05) is 47.5 Å². The summed E-state index contributed by atoms with van der Waals surface area (Å²) in [6.07, 6.45) is 54.7. The molecule has 0 aliphatic rings. The third kappa shape index (κ3) is 44.5. The lowest BCUT2D eigenvalue weighted by atomic mass is 10.1. The Hall–Kier alpha value is -3.07. The maximum absolute atomic E-state index is 12.7. The highest BCUT2D eigenvalue weighted by Gasteiger charge is 2.27. The van der Waals surface area contributed by atoms with Gasteiger partial charge in [-0.3, -0.25) is 18.6 Å². The molecule has 2 unspecified atom stereocenters. The molecule has 342 valence electrons. The van der Waals surface area contributed by atoms with Crippen molar-refractivity contribution in [3.63, 3.8) is 0 Å². The second kappa shape index (κ2) is 41.3. The number of nitrogens with zero attached hydrogens (tertiary/aromatic N) is 1. The van der Waals surface area contributed by atoms with Gasteiger partial charge in [-0.25, -0.2) is 4.57 Å². The van der Waals surface area contributed by atoms with Crippen molar-refractivity contribution in [3.05, 3.63) is 97.2 Å². The number of quaternary nitrogens is 1. The molecule has 0 fully saturated rings. The first-order chi connectivity index (χ1) is 29.0. The zero-order chi connectivity index (χ0) is 44.3. The highest BCUT2D eigenvalue weighted by molar-refractivity contribution is 7.47. The number of hydrogen-bond donors (Lipinski definition) is 1. The van der Waals surface area contributed by atoms with Crippen LogP contribution < -0.4 is 0 Å².